The van der Waals surface area contributed by atoms with E-state index in [9.17, 15) is 19.7 Å². The first-order chi connectivity index (χ1) is 12.5. The predicted octanol–water partition coefficient (Wildman–Crippen LogP) is 3.71. The topological polar surface area (TPSA) is 89.8 Å². The number of rotatable bonds is 7. The molecule has 7 heteroatoms. The first-order valence-corrected chi connectivity index (χ1v) is 9.24. The lowest BCUT2D eigenvalue weighted by molar-refractivity contribution is -0.384. The average Bonchev–Trinajstić information content (AvgIpc) is 2.91. The van der Waals surface area contributed by atoms with Crippen molar-refractivity contribution in [1.29, 1.82) is 0 Å². The Balaban J connectivity index is 2.20. The van der Waals surface area contributed by atoms with E-state index in [4.69, 9.17) is 4.74 Å². The molecule has 1 amide bonds. The van der Waals surface area contributed by atoms with Gasteiger partial charge in [0.05, 0.1) is 18.0 Å². The molecular weight excluding hydrogens is 336 g/mol. The highest BCUT2D eigenvalue weighted by atomic mass is 16.6. The first-order valence-electron chi connectivity index (χ1n) is 9.24. The van der Waals surface area contributed by atoms with Crippen LogP contribution in [0, 0.1) is 10.1 Å². The lowest BCUT2D eigenvalue weighted by Crippen LogP contribution is -2.41. The quantitative estimate of drug-likeness (QED) is 0.319. The second-order valence-electron chi connectivity index (χ2n) is 6.51. The molecule has 142 valence electrons. The summed E-state index contributed by atoms with van der Waals surface area (Å²) in [5.41, 5.74) is 0.175. The van der Waals surface area contributed by atoms with E-state index in [-0.39, 0.29) is 42.1 Å². The van der Waals surface area contributed by atoms with Gasteiger partial charge in [0.25, 0.3) is 11.6 Å². The van der Waals surface area contributed by atoms with E-state index in [0.717, 1.165) is 38.5 Å². The summed E-state index contributed by atoms with van der Waals surface area (Å²) >= 11 is 0. The summed E-state index contributed by atoms with van der Waals surface area (Å²) in [6.45, 7) is 2.32. The molecule has 26 heavy (non-hydrogen) atoms. The van der Waals surface area contributed by atoms with E-state index in [2.05, 4.69) is 0 Å². The summed E-state index contributed by atoms with van der Waals surface area (Å²) in [4.78, 5) is 37.0. The smallest absolute Gasteiger partial charge is 0.307 e. The molecule has 0 atom stereocenters. The van der Waals surface area contributed by atoms with E-state index in [1.165, 1.54) is 18.2 Å². The summed E-state index contributed by atoms with van der Waals surface area (Å²) in [6.07, 6.45) is 6.30. The van der Waals surface area contributed by atoms with Gasteiger partial charge in [0.1, 0.15) is 0 Å². The SMILES string of the molecule is CCOC(=O)CCN(C(=O)c1cccc([N+](=O)[O-])c1)C1CCCCCC1. The number of non-ortho nitro benzene ring substituents is 1. The maximum absolute atomic E-state index is 13.1. The highest BCUT2D eigenvalue weighted by Gasteiger charge is 2.27. The van der Waals surface area contributed by atoms with Crippen molar-refractivity contribution in [3.63, 3.8) is 0 Å². The summed E-state index contributed by atoms with van der Waals surface area (Å²) in [5, 5.41) is 11.0. The van der Waals surface area contributed by atoms with Gasteiger partial charge in [-0.3, -0.25) is 19.7 Å². The fourth-order valence-corrected chi connectivity index (χ4v) is 3.38. The third kappa shape index (κ3) is 5.54. The molecule has 7 nitrogen and oxygen atoms in total. The van der Waals surface area contributed by atoms with Crippen LogP contribution < -0.4 is 0 Å². The zero-order valence-corrected chi connectivity index (χ0v) is 15.2. The van der Waals surface area contributed by atoms with Crippen LogP contribution in [-0.4, -0.2) is 40.9 Å². The van der Waals surface area contributed by atoms with Crippen molar-refractivity contribution < 1.29 is 19.2 Å². The standard InChI is InChI=1S/C19H26N2O5/c1-2-26-18(22)12-13-20(16-9-5-3-4-6-10-16)19(23)15-8-7-11-17(14-15)21(24)25/h7-8,11,14,16H,2-6,9-10,12-13H2,1H3. The number of nitro benzene ring substituents is 1. The highest BCUT2D eigenvalue weighted by Crippen LogP contribution is 2.24. The fourth-order valence-electron chi connectivity index (χ4n) is 3.38. The third-order valence-corrected chi connectivity index (χ3v) is 4.69. The van der Waals surface area contributed by atoms with Crippen molar-refractivity contribution in [3.05, 3.63) is 39.9 Å². The van der Waals surface area contributed by atoms with Crippen LogP contribution in [0.1, 0.15) is 62.2 Å². The third-order valence-electron chi connectivity index (χ3n) is 4.69. The normalized spacial score (nSPS) is 15.1. The zero-order chi connectivity index (χ0) is 18.9. The largest absolute Gasteiger partial charge is 0.466 e. The van der Waals surface area contributed by atoms with Gasteiger partial charge >= 0.3 is 5.97 Å². The van der Waals surface area contributed by atoms with Gasteiger partial charge in [-0.15, -0.1) is 0 Å². The highest BCUT2D eigenvalue weighted by molar-refractivity contribution is 5.95. The minimum atomic E-state index is -0.509. The van der Waals surface area contributed by atoms with Crippen molar-refractivity contribution in [2.45, 2.75) is 57.9 Å². The fraction of sp³-hybridized carbons (Fsp3) is 0.579. The molecule has 1 aromatic rings. The van der Waals surface area contributed by atoms with Gasteiger partial charge in [0.15, 0.2) is 0 Å². The molecule has 1 aromatic carbocycles. The van der Waals surface area contributed by atoms with Crippen LogP contribution in [0.25, 0.3) is 0 Å². The minimum absolute atomic E-state index is 0.0543. The summed E-state index contributed by atoms with van der Waals surface area (Å²) < 4.78 is 4.97. The average molecular weight is 362 g/mol. The summed E-state index contributed by atoms with van der Waals surface area (Å²) in [5.74, 6) is -0.595. The molecule has 0 radical (unpaired) electrons. The molecule has 0 unspecified atom stereocenters. The summed E-state index contributed by atoms with van der Waals surface area (Å²) in [6, 6.07) is 5.83. The number of nitrogens with zero attached hydrogens (tertiary/aromatic N) is 2. The van der Waals surface area contributed by atoms with Gasteiger partial charge in [0, 0.05) is 30.3 Å². The molecule has 0 saturated heterocycles. The molecule has 1 aliphatic rings. The lowest BCUT2D eigenvalue weighted by atomic mass is 10.0. The van der Waals surface area contributed by atoms with Crippen LogP contribution >= 0.6 is 0 Å². The van der Waals surface area contributed by atoms with Crippen LogP contribution in [-0.2, 0) is 9.53 Å². The Morgan fingerprint density at radius 2 is 1.92 bits per heavy atom. The Labute approximate surface area is 153 Å². The number of hydrogen-bond donors (Lipinski definition) is 0. The van der Waals surface area contributed by atoms with Crippen molar-refractivity contribution in [3.8, 4) is 0 Å². The number of hydrogen-bond acceptors (Lipinski definition) is 5. The molecular formula is C19H26N2O5. The maximum atomic E-state index is 13.1. The maximum Gasteiger partial charge on any atom is 0.307 e. The van der Waals surface area contributed by atoms with E-state index in [0.29, 0.717) is 6.61 Å². The van der Waals surface area contributed by atoms with Crippen molar-refractivity contribution in [2.24, 2.45) is 0 Å². The van der Waals surface area contributed by atoms with E-state index in [1.54, 1.807) is 17.9 Å². The van der Waals surface area contributed by atoms with Gasteiger partial charge < -0.3 is 9.64 Å². The van der Waals surface area contributed by atoms with E-state index < -0.39 is 4.92 Å². The number of esters is 1. The van der Waals surface area contributed by atoms with Crippen LogP contribution in [0.2, 0.25) is 0 Å². The first kappa shape index (κ1) is 19.9. The Hall–Kier alpha value is -2.44. The van der Waals surface area contributed by atoms with Crippen molar-refractivity contribution in [1.82, 2.24) is 4.90 Å². The van der Waals surface area contributed by atoms with Gasteiger partial charge in [-0.2, -0.15) is 0 Å². The van der Waals surface area contributed by atoms with E-state index in [1.807, 2.05) is 0 Å². The van der Waals surface area contributed by atoms with Crippen LogP contribution in [0.4, 0.5) is 5.69 Å². The molecule has 0 bridgehead atoms. The van der Waals surface area contributed by atoms with Gasteiger partial charge in [-0.25, -0.2) is 0 Å². The number of ether oxygens (including phenoxy) is 1. The molecule has 0 aliphatic heterocycles. The molecule has 2 rings (SSSR count). The Morgan fingerprint density at radius 3 is 2.54 bits per heavy atom. The van der Waals surface area contributed by atoms with Gasteiger partial charge in [-0.05, 0) is 25.8 Å². The zero-order valence-electron chi connectivity index (χ0n) is 15.2. The predicted molar refractivity (Wildman–Crippen MR) is 96.9 cm³/mol. The van der Waals surface area contributed by atoms with Gasteiger partial charge in [0.2, 0.25) is 0 Å². The van der Waals surface area contributed by atoms with Crippen LogP contribution in [0.15, 0.2) is 24.3 Å². The molecule has 0 spiro atoms. The van der Waals surface area contributed by atoms with Crippen molar-refractivity contribution in [2.75, 3.05) is 13.2 Å². The molecule has 1 aliphatic carbocycles. The number of amides is 1. The second-order valence-corrected chi connectivity index (χ2v) is 6.51. The van der Waals surface area contributed by atoms with E-state index >= 15 is 0 Å². The number of carbonyl (C=O) groups excluding carboxylic acids is 2. The Morgan fingerprint density at radius 1 is 1.23 bits per heavy atom. The second kappa shape index (κ2) is 9.89. The molecule has 0 heterocycles. The molecule has 1 fully saturated rings. The Kier molecular flexibility index (Phi) is 7.56. The molecule has 0 N–H and O–H groups in total. The number of carbonyl (C=O) groups is 2. The minimum Gasteiger partial charge on any atom is -0.466 e. The molecule has 1 saturated carbocycles. The summed E-state index contributed by atoms with van der Waals surface area (Å²) in [7, 11) is 0. The molecule has 0 aromatic heterocycles. The van der Waals surface area contributed by atoms with Crippen LogP contribution in [0.5, 0.6) is 0 Å². The lowest BCUT2D eigenvalue weighted by Gasteiger charge is -2.31. The van der Waals surface area contributed by atoms with Gasteiger partial charge in [-0.1, -0.05) is 31.7 Å². The van der Waals surface area contributed by atoms with Crippen LogP contribution in [0.3, 0.4) is 0 Å². The number of nitro groups is 1. The Bertz CT molecular complexity index is 639. The van der Waals surface area contributed by atoms with Crippen molar-refractivity contribution >= 4 is 17.6 Å². The monoisotopic (exact) mass is 362 g/mol. The number of benzene rings is 1.